The predicted octanol–water partition coefficient (Wildman–Crippen LogP) is 1.40. The molecular weight excluding hydrogens is 434 g/mol. The van der Waals surface area contributed by atoms with E-state index in [1.807, 2.05) is 6.07 Å². The number of rotatable bonds is 6. The number of aromatic amines is 1. The van der Waals surface area contributed by atoms with E-state index < -0.39 is 15.9 Å². The monoisotopic (exact) mass is 453 g/mol. The minimum absolute atomic E-state index is 0.0171. The Bertz CT molecular complexity index is 1390. The lowest BCUT2D eigenvalue weighted by molar-refractivity contribution is 0.102. The van der Waals surface area contributed by atoms with E-state index in [9.17, 15) is 18.3 Å². The quantitative estimate of drug-likeness (QED) is 0.342. The van der Waals surface area contributed by atoms with Gasteiger partial charge in [-0.25, -0.2) is 13.6 Å². The summed E-state index contributed by atoms with van der Waals surface area (Å²) in [5, 5.41) is 32.8. The van der Waals surface area contributed by atoms with Gasteiger partial charge in [0.1, 0.15) is 11.4 Å². The van der Waals surface area contributed by atoms with Gasteiger partial charge in [0.15, 0.2) is 0 Å². The van der Waals surface area contributed by atoms with Gasteiger partial charge in [-0.3, -0.25) is 14.6 Å². The number of aromatic hydroxyl groups is 1. The fourth-order valence-corrected chi connectivity index (χ4v) is 3.61. The number of phenolic OH excluding ortho intramolecular Hbond substituents is 1. The third kappa shape index (κ3) is 4.66. The van der Waals surface area contributed by atoms with Crippen molar-refractivity contribution in [2.75, 3.05) is 5.32 Å². The maximum Gasteiger partial charge on any atom is 0.273 e. The van der Waals surface area contributed by atoms with E-state index in [-0.39, 0.29) is 16.3 Å². The number of carbonyl (C=O) groups is 1. The largest absolute Gasteiger partial charge is 0.507 e. The van der Waals surface area contributed by atoms with E-state index in [1.54, 1.807) is 30.1 Å². The summed E-state index contributed by atoms with van der Waals surface area (Å²) in [6, 6.07) is 12.1. The fourth-order valence-electron chi connectivity index (χ4n) is 3.09. The second-order valence-electron chi connectivity index (χ2n) is 7.10. The summed E-state index contributed by atoms with van der Waals surface area (Å²) in [6.07, 6.45) is 2.31. The summed E-state index contributed by atoms with van der Waals surface area (Å²) in [5.74, 6) is -0.464. The van der Waals surface area contributed by atoms with Gasteiger partial charge in [-0.2, -0.15) is 5.10 Å². The van der Waals surface area contributed by atoms with Gasteiger partial charge in [0.05, 0.1) is 16.3 Å². The van der Waals surface area contributed by atoms with Crippen LogP contribution >= 0.6 is 0 Å². The Hall–Kier alpha value is -4.03. The fraction of sp³-hybridized carbons (Fsp3) is 0.100. The maximum atomic E-state index is 12.5. The number of benzene rings is 2. The Balaban J connectivity index is 1.47. The summed E-state index contributed by atoms with van der Waals surface area (Å²) in [7, 11) is -2.03. The van der Waals surface area contributed by atoms with Crippen LogP contribution in [0.4, 0.5) is 5.69 Å². The number of aryl methyl sites for hydroxylation is 1. The Kier molecular flexibility index (Phi) is 5.47. The van der Waals surface area contributed by atoms with Crippen LogP contribution in [0.25, 0.3) is 11.3 Å². The molecule has 164 valence electrons. The molecule has 0 aliphatic heterocycles. The highest BCUT2D eigenvalue weighted by Crippen LogP contribution is 2.29. The van der Waals surface area contributed by atoms with Gasteiger partial charge in [-0.15, -0.1) is 5.10 Å². The normalized spacial score (nSPS) is 11.4. The zero-order valence-corrected chi connectivity index (χ0v) is 17.7. The van der Waals surface area contributed by atoms with Crippen LogP contribution in [0, 0.1) is 0 Å². The molecule has 11 nitrogen and oxygen atoms in total. The topological polar surface area (TPSA) is 169 Å². The molecule has 0 fully saturated rings. The van der Waals surface area contributed by atoms with Crippen LogP contribution in [0.1, 0.15) is 21.7 Å². The first-order valence-corrected chi connectivity index (χ1v) is 10.9. The third-order valence-electron chi connectivity index (χ3n) is 4.64. The number of amides is 1. The average Bonchev–Trinajstić information content (AvgIpc) is 3.37. The lowest BCUT2D eigenvalue weighted by Gasteiger charge is -2.05. The Morgan fingerprint density at radius 2 is 1.94 bits per heavy atom. The molecule has 4 aromatic rings. The van der Waals surface area contributed by atoms with Gasteiger partial charge < -0.3 is 10.4 Å². The number of nitrogens with two attached hydrogens (primary N) is 1. The van der Waals surface area contributed by atoms with E-state index in [1.165, 1.54) is 30.3 Å². The molecule has 2 aromatic heterocycles. The van der Waals surface area contributed by atoms with Crippen LogP contribution < -0.4 is 10.5 Å². The van der Waals surface area contributed by atoms with Crippen molar-refractivity contribution in [3.05, 3.63) is 71.7 Å². The summed E-state index contributed by atoms with van der Waals surface area (Å²) in [6.45, 7) is 0. The number of aromatic nitrogens is 5. The number of nitrogens with zero attached hydrogens (tertiary/aromatic N) is 4. The minimum Gasteiger partial charge on any atom is -0.507 e. The first-order valence-electron chi connectivity index (χ1n) is 9.36. The summed E-state index contributed by atoms with van der Waals surface area (Å²) in [5.41, 5.74) is 3.02. The molecule has 0 saturated carbocycles. The van der Waals surface area contributed by atoms with Gasteiger partial charge in [-0.05, 0) is 48.0 Å². The molecule has 0 aliphatic rings. The van der Waals surface area contributed by atoms with Crippen molar-refractivity contribution < 1.29 is 18.3 Å². The molecule has 0 bridgehead atoms. The van der Waals surface area contributed by atoms with E-state index in [4.69, 9.17) is 5.14 Å². The van der Waals surface area contributed by atoms with Crippen molar-refractivity contribution in [1.82, 2.24) is 25.2 Å². The van der Waals surface area contributed by atoms with Crippen molar-refractivity contribution in [2.45, 2.75) is 11.3 Å². The number of nitrogens with one attached hydrogen (secondary N) is 2. The lowest BCUT2D eigenvalue weighted by atomic mass is 10.0. The zero-order chi connectivity index (χ0) is 22.9. The molecule has 1 amide bonds. The van der Waals surface area contributed by atoms with Gasteiger partial charge in [0.25, 0.3) is 5.91 Å². The highest BCUT2D eigenvalue weighted by molar-refractivity contribution is 7.89. The molecule has 0 atom stereocenters. The molecule has 12 heteroatoms. The summed E-state index contributed by atoms with van der Waals surface area (Å²) >= 11 is 0. The number of anilines is 1. The molecule has 0 radical (unpaired) electrons. The number of carbonyl (C=O) groups excluding carboxylic acids is 1. The van der Waals surface area contributed by atoms with Crippen LogP contribution in [0.2, 0.25) is 0 Å². The molecule has 0 saturated heterocycles. The summed E-state index contributed by atoms with van der Waals surface area (Å²) < 4.78 is 24.2. The van der Waals surface area contributed by atoms with E-state index in [2.05, 4.69) is 25.8 Å². The highest BCUT2D eigenvalue weighted by atomic mass is 32.2. The molecule has 0 unspecified atom stereocenters. The molecule has 2 heterocycles. The van der Waals surface area contributed by atoms with Crippen molar-refractivity contribution in [1.29, 1.82) is 0 Å². The predicted molar refractivity (Wildman–Crippen MR) is 115 cm³/mol. The summed E-state index contributed by atoms with van der Waals surface area (Å²) in [4.78, 5) is 12.4. The molecule has 0 spiro atoms. The van der Waals surface area contributed by atoms with Crippen LogP contribution in [0.5, 0.6) is 5.75 Å². The molecule has 2 aromatic carbocycles. The standard InChI is InChI=1S/C20H19N7O4S/c1-27-11-14(23-26-27)8-12-2-7-16(19(28)9-12)17-10-18(25-24-17)20(29)22-13-3-5-15(6-4-13)32(21,30)31/h2-7,9-11,28H,8H2,1H3,(H,22,29)(H,24,25)(H2,21,30,31). The average molecular weight is 453 g/mol. The smallest absolute Gasteiger partial charge is 0.273 e. The Morgan fingerprint density at radius 3 is 2.56 bits per heavy atom. The number of H-pyrrole nitrogens is 1. The molecule has 0 aliphatic carbocycles. The number of primary sulfonamides is 1. The maximum absolute atomic E-state index is 12.5. The number of hydrogen-bond acceptors (Lipinski definition) is 7. The van der Waals surface area contributed by atoms with Crippen molar-refractivity contribution >= 4 is 21.6 Å². The number of hydrogen-bond donors (Lipinski definition) is 4. The molecular formula is C20H19N7O4S. The minimum atomic E-state index is -3.81. The number of phenols is 1. The lowest BCUT2D eigenvalue weighted by Crippen LogP contribution is -2.14. The van der Waals surface area contributed by atoms with E-state index >= 15 is 0 Å². The van der Waals surface area contributed by atoms with Crippen molar-refractivity contribution in [2.24, 2.45) is 12.2 Å². The van der Waals surface area contributed by atoms with E-state index in [0.717, 1.165) is 11.3 Å². The first-order chi connectivity index (χ1) is 15.2. The van der Waals surface area contributed by atoms with E-state index in [0.29, 0.717) is 23.4 Å². The zero-order valence-electron chi connectivity index (χ0n) is 16.8. The Labute approximate surface area is 182 Å². The van der Waals surface area contributed by atoms with Gasteiger partial charge >= 0.3 is 0 Å². The van der Waals surface area contributed by atoms with Crippen molar-refractivity contribution in [3.8, 4) is 17.0 Å². The molecule has 32 heavy (non-hydrogen) atoms. The second kappa shape index (κ2) is 8.24. The third-order valence-corrected chi connectivity index (χ3v) is 5.57. The van der Waals surface area contributed by atoms with Gasteiger partial charge in [0.2, 0.25) is 10.0 Å². The van der Waals surface area contributed by atoms with Gasteiger partial charge in [-0.1, -0.05) is 11.3 Å². The van der Waals surface area contributed by atoms with Gasteiger partial charge in [0, 0.05) is 30.9 Å². The van der Waals surface area contributed by atoms with Crippen LogP contribution in [0.3, 0.4) is 0 Å². The van der Waals surface area contributed by atoms with Crippen LogP contribution in [-0.2, 0) is 23.5 Å². The SMILES string of the molecule is Cn1cc(Cc2ccc(-c3cc(C(=O)Nc4ccc(S(N)(=O)=O)cc4)[nH]n3)c(O)c2)nn1. The van der Waals surface area contributed by atoms with Crippen LogP contribution in [-0.4, -0.2) is 44.6 Å². The Morgan fingerprint density at radius 1 is 1.19 bits per heavy atom. The van der Waals surface area contributed by atoms with Crippen molar-refractivity contribution in [3.63, 3.8) is 0 Å². The molecule has 4 rings (SSSR count). The second-order valence-corrected chi connectivity index (χ2v) is 8.66. The number of sulfonamides is 1. The highest BCUT2D eigenvalue weighted by Gasteiger charge is 2.15. The van der Waals surface area contributed by atoms with Crippen LogP contribution in [0.15, 0.2) is 59.6 Å². The first kappa shape index (κ1) is 21.2. The molecule has 5 N–H and O–H groups in total.